The van der Waals surface area contributed by atoms with Gasteiger partial charge in [-0.15, -0.1) is 11.3 Å². The van der Waals surface area contributed by atoms with Gasteiger partial charge in [-0.05, 0) is 54.4 Å². The molecule has 2 heterocycles. The largest absolute Gasteiger partial charge is 0.507 e. The molecular weight excluding hydrogens is 479 g/mol. The number of aliphatic hydroxyl groups is 1. The SMILES string of the molecule is Cc1cccc(COc2ccc(C(O)=C3C(=O)C(=O)N(c4nccs4)[C@@H]3c3ccc(F)cc3)cc2)c1. The minimum atomic E-state index is -0.950. The summed E-state index contributed by atoms with van der Waals surface area (Å²) in [7, 11) is 0. The van der Waals surface area contributed by atoms with Gasteiger partial charge in [0, 0.05) is 17.1 Å². The van der Waals surface area contributed by atoms with Crippen molar-refractivity contribution < 1.29 is 23.8 Å². The minimum absolute atomic E-state index is 0.0877. The number of Topliss-reactive ketones (excluding diaryl/α,β-unsaturated/α-hetero) is 1. The Hall–Kier alpha value is -4.30. The van der Waals surface area contributed by atoms with E-state index in [0.717, 1.165) is 11.1 Å². The number of ketones is 1. The van der Waals surface area contributed by atoms with E-state index in [2.05, 4.69) is 4.98 Å². The van der Waals surface area contributed by atoms with Crippen molar-refractivity contribution >= 4 is 33.9 Å². The molecule has 1 fully saturated rings. The number of aromatic nitrogens is 1. The van der Waals surface area contributed by atoms with E-state index in [4.69, 9.17) is 4.74 Å². The summed E-state index contributed by atoms with van der Waals surface area (Å²) in [6, 6.07) is 19.1. The Kier molecular flexibility index (Phi) is 6.35. The van der Waals surface area contributed by atoms with Crippen molar-refractivity contribution in [3.8, 4) is 5.75 Å². The fourth-order valence-electron chi connectivity index (χ4n) is 4.16. The van der Waals surface area contributed by atoms with Gasteiger partial charge in [-0.2, -0.15) is 0 Å². The fraction of sp³-hybridized carbons (Fsp3) is 0.107. The number of rotatable bonds is 6. The molecule has 8 heteroatoms. The number of amides is 1. The number of aliphatic hydroxyl groups excluding tert-OH is 1. The van der Waals surface area contributed by atoms with Crippen LogP contribution in [-0.2, 0) is 16.2 Å². The van der Waals surface area contributed by atoms with Gasteiger partial charge < -0.3 is 9.84 Å². The highest BCUT2D eigenvalue weighted by Gasteiger charge is 2.47. The van der Waals surface area contributed by atoms with Gasteiger partial charge in [0.2, 0.25) is 0 Å². The Morgan fingerprint density at radius 3 is 2.50 bits per heavy atom. The average Bonchev–Trinajstić information content (AvgIpc) is 3.50. The fourth-order valence-corrected chi connectivity index (χ4v) is 4.83. The first-order valence-electron chi connectivity index (χ1n) is 11.2. The molecule has 1 atom stereocenters. The lowest BCUT2D eigenvalue weighted by Crippen LogP contribution is -2.29. The quantitative estimate of drug-likeness (QED) is 0.206. The van der Waals surface area contributed by atoms with E-state index >= 15 is 0 Å². The maximum absolute atomic E-state index is 13.6. The normalized spacial score (nSPS) is 16.9. The van der Waals surface area contributed by atoms with E-state index in [1.807, 2.05) is 31.2 Å². The maximum Gasteiger partial charge on any atom is 0.301 e. The Morgan fingerprint density at radius 1 is 1.08 bits per heavy atom. The molecule has 4 aromatic rings. The second kappa shape index (κ2) is 9.75. The molecule has 36 heavy (non-hydrogen) atoms. The molecule has 1 saturated heterocycles. The summed E-state index contributed by atoms with van der Waals surface area (Å²) in [6.07, 6.45) is 1.52. The number of hydrogen-bond donors (Lipinski definition) is 1. The molecule has 1 aliphatic rings. The summed E-state index contributed by atoms with van der Waals surface area (Å²) in [5.74, 6) is -1.83. The van der Waals surface area contributed by atoms with E-state index in [9.17, 15) is 19.1 Å². The maximum atomic E-state index is 13.6. The highest BCUT2D eigenvalue weighted by molar-refractivity contribution is 7.14. The highest BCUT2D eigenvalue weighted by atomic mass is 32.1. The number of thiazole rings is 1. The predicted octanol–water partition coefficient (Wildman–Crippen LogP) is 5.80. The lowest BCUT2D eigenvalue weighted by Gasteiger charge is -2.23. The summed E-state index contributed by atoms with van der Waals surface area (Å²) in [5.41, 5.74) is 2.91. The third-order valence-corrected chi connectivity index (χ3v) is 6.64. The minimum Gasteiger partial charge on any atom is -0.507 e. The highest BCUT2D eigenvalue weighted by Crippen LogP contribution is 2.42. The predicted molar refractivity (Wildman–Crippen MR) is 135 cm³/mol. The van der Waals surface area contributed by atoms with E-state index in [0.29, 0.717) is 28.6 Å². The first kappa shape index (κ1) is 23.4. The van der Waals surface area contributed by atoms with Crippen molar-refractivity contribution in [2.45, 2.75) is 19.6 Å². The van der Waals surface area contributed by atoms with E-state index in [-0.39, 0.29) is 11.3 Å². The molecule has 0 aliphatic carbocycles. The zero-order chi connectivity index (χ0) is 25.2. The molecule has 6 nitrogen and oxygen atoms in total. The summed E-state index contributed by atoms with van der Waals surface area (Å²) in [4.78, 5) is 31.5. The van der Waals surface area contributed by atoms with Crippen LogP contribution in [0.4, 0.5) is 9.52 Å². The molecule has 0 bridgehead atoms. The van der Waals surface area contributed by atoms with Gasteiger partial charge in [0.05, 0.1) is 11.6 Å². The molecule has 3 aromatic carbocycles. The topological polar surface area (TPSA) is 79.7 Å². The lowest BCUT2D eigenvalue weighted by molar-refractivity contribution is -0.132. The van der Waals surface area contributed by atoms with Crippen molar-refractivity contribution in [2.24, 2.45) is 0 Å². The second-order valence-electron chi connectivity index (χ2n) is 8.34. The lowest BCUT2D eigenvalue weighted by atomic mass is 9.95. The van der Waals surface area contributed by atoms with Crippen LogP contribution in [0.5, 0.6) is 5.75 Å². The second-order valence-corrected chi connectivity index (χ2v) is 9.21. The first-order chi connectivity index (χ1) is 17.4. The van der Waals surface area contributed by atoms with E-state index in [1.165, 1.54) is 46.7 Å². The summed E-state index contributed by atoms with van der Waals surface area (Å²) >= 11 is 1.19. The summed E-state index contributed by atoms with van der Waals surface area (Å²) in [6.45, 7) is 2.40. The molecule has 1 amide bonds. The van der Waals surface area contributed by atoms with Crippen molar-refractivity contribution in [3.63, 3.8) is 0 Å². The zero-order valence-corrected chi connectivity index (χ0v) is 20.0. The van der Waals surface area contributed by atoms with Crippen LogP contribution in [0.1, 0.15) is 28.3 Å². The van der Waals surface area contributed by atoms with Gasteiger partial charge in [0.15, 0.2) is 5.13 Å². The van der Waals surface area contributed by atoms with Gasteiger partial charge in [-0.1, -0.05) is 42.0 Å². The Morgan fingerprint density at radius 2 is 1.83 bits per heavy atom. The van der Waals surface area contributed by atoms with Crippen molar-refractivity contribution in [2.75, 3.05) is 4.90 Å². The number of halogens is 1. The van der Waals surface area contributed by atoms with Crippen LogP contribution in [0.15, 0.2) is 89.9 Å². The molecule has 1 N–H and O–H groups in total. The third kappa shape index (κ3) is 4.50. The molecule has 1 aromatic heterocycles. The molecule has 0 radical (unpaired) electrons. The molecular formula is C28H21FN2O4S. The van der Waals surface area contributed by atoms with Crippen LogP contribution >= 0.6 is 11.3 Å². The Balaban J connectivity index is 1.48. The van der Waals surface area contributed by atoms with Crippen molar-refractivity contribution in [1.82, 2.24) is 4.98 Å². The van der Waals surface area contributed by atoms with Crippen molar-refractivity contribution in [3.05, 3.63) is 118 Å². The van der Waals surface area contributed by atoms with Gasteiger partial charge in [0.25, 0.3) is 5.78 Å². The molecule has 0 saturated carbocycles. The van der Waals surface area contributed by atoms with Crippen LogP contribution in [-0.4, -0.2) is 21.8 Å². The monoisotopic (exact) mass is 500 g/mol. The molecule has 180 valence electrons. The Bertz CT molecular complexity index is 1450. The number of ether oxygens (including phenoxy) is 1. The molecule has 1 aliphatic heterocycles. The van der Waals surface area contributed by atoms with Crippen LogP contribution < -0.4 is 9.64 Å². The van der Waals surface area contributed by atoms with Crippen LogP contribution in [0.25, 0.3) is 5.76 Å². The average molecular weight is 501 g/mol. The van der Waals surface area contributed by atoms with E-state index < -0.39 is 23.5 Å². The number of benzene rings is 3. The number of nitrogens with zero attached hydrogens (tertiary/aromatic N) is 2. The molecule has 0 unspecified atom stereocenters. The van der Waals surface area contributed by atoms with Crippen LogP contribution in [0.2, 0.25) is 0 Å². The summed E-state index contributed by atoms with van der Waals surface area (Å²) in [5, 5.41) is 13.2. The number of aryl methyl sites for hydroxylation is 1. The number of carbonyl (C=O) groups is 2. The molecule has 0 spiro atoms. The smallest absolute Gasteiger partial charge is 0.301 e. The number of anilines is 1. The van der Waals surface area contributed by atoms with Gasteiger partial charge >= 0.3 is 5.91 Å². The van der Waals surface area contributed by atoms with Gasteiger partial charge in [0.1, 0.15) is 23.9 Å². The van der Waals surface area contributed by atoms with Crippen LogP contribution in [0, 0.1) is 12.7 Å². The third-order valence-electron chi connectivity index (χ3n) is 5.87. The van der Waals surface area contributed by atoms with Gasteiger partial charge in [-0.3, -0.25) is 14.5 Å². The number of hydrogen-bond acceptors (Lipinski definition) is 6. The Labute approximate surface area is 210 Å². The van der Waals surface area contributed by atoms with Crippen molar-refractivity contribution in [1.29, 1.82) is 0 Å². The molecule has 5 rings (SSSR count). The van der Waals surface area contributed by atoms with E-state index in [1.54, 1.807) is 29.6 Å². The summed E-state index contributed by atoms with van der Waals surface area (Å²) < 4.78 is 19.5. The standard InChI is InChI=1S/C28H21FN2O4S/c1-17-3-2-4-18(15-17)16-35-22-11-7-20(8-12-22)25(32)23-24(19-5-9-21(29)10-6-19)31(27(34)26(23)33)28-30-13-14-36-28/h2-15,24,32H,16H2,1H3/t24-/m1/s1. The first-order valence-corrected chi connectivity index (χ1v) is 12.0. The number of carbonyl (C=O) groups excluding carboxylic acids is 2. The van der Waals surface area contributed by atoms with Crippen LogP contribution in [0.3, 0.4) is 0 Å². The van der Waals surface area contributed by atoms with Gasteiger partial charge in [-0.25, -0.2) is 9.37 Å². The zero-order valence-electron chi connectivity index (χ0n) is 19.2.